The van der Waals surface area contributed by atoms with Gasteiger partial charge in [-0.05, 0) is 24.5 Å². The number of fused-ring (bicyclic) bond motifs is 1. The summed E-state index contributed by atoms with van der Waals surface area (Å²) in [6, 6.07) is 7.28. The van der Waals surface area contributed by atoms with Crippen LogP contribution in [0.3, 0.4) is 0 Å². The van der Waals surface area contributed by atoms with E-state index in [1.54, 1.807) is 15.9 Å². The fourth-order valence-electron chi connectivity index (χ4n) is 3.06. The molecule has 1 aromatic rings. The minimum atomic E-state index is -0.890. The zero-order valence-corrected chi connectivity index (χ0v) is 11.7. The van der Waals surface area contributed by atoms with E-state index >= 15 is 0 Å². The van der Waals surface area contributed by atoms with Crippen molar-refractivity contribution in [2.45, 2.75) is 24.8 Å². The number of carbonyl (C=O) groups is 2. The number of benzene rings is 1. The van der Waals surface area contributed by atoms with Crippen LogP contribution in [0.5, 0.6) is 0 Å². The highest BCUT2D eigenvalue weighted by molar-refractivity contribution is 5.98. The van der Waals surface area contributed by atoms with Crippen molar-refractivity contribution in [2.24, 2.45) is 5.73 Å². The Kier molecular flexibility index (Phi) is 3.55. The Hall–Kier alpha value is -2.08. The van der Waals surface area contributed by atoms with Crippen molar-refractivity contribution in [2.75, 3.05) is 24.5 Å². The van der Waals surface area contributed by atoms with Crippen molar-refractivity contribution in [3.05, 3.63) is 29.8 Å². The molecule has 6 heteroatoms. The second-order valence-electron chi connectivity index (χ2n) is 5.67. The normalized spacial score (nSPS) is 22.2. The molecular weight excluding hydrogens is 270 g/mol. The monoisotopic (exact) mass is 289 g/mol. The van der Waals surface area contributed by atoms with E-state index in [0.717, 1.165) is 12.8 Å². The van der Waals surface area contributed by atoms with Crippen LogP contribution in [0.4, 0.5) is 10.5 Å². The number of hydrogen-bond acceptors (Lipinski definition) is 3. The van der Waals surface area contributed by atoms with Gasteiger partial charge in [0.2, 0.25) is 0 Å². The van der Waals surface area contributed by atoms with Gasteiger partial charge in [-0.1, -0.05) is 18.2 Å². The molecule has 0 radical (unpaired) electrons. The molecule has 3 rings (SSSR count). The van der Waals surface area contributed by atoms with Crippen LogP contribution >= 0.6 is 0 Å². The van der Waals surface area contributed by atoms with Crippen molar-refractivity contribution in [1.29, 1.82) is 0 Å². The number of carboxylic acids is 1. The predicted octanol–water partition coefficient (Wildman–Crippen LogP) is 1.22. The number of urea groups is 1. The van der Waals surface area contributed by atoms with Gasteiger partial charge in [0.05, 0.1) is 0 Å². The molecule has 2 heterocycles. The maximum atomic E-state index is 12.7. The lowest BCUT2D eigenvalue weighted by molar-refractivity contribution is -0.138. The summed E-state index contributed by atoms with van der Waals surface area (Å²) < 4.78 is 0. The van der Waals surface area contributed by atoms with Crippen LogP contribution in [0.25, 0.3) is 0 Å². The lowest BCUT2D eigenvalue weighted by Gasteiger charge is -2.33. The van der Waals surface area contributed by atoms with Crippen LogP contribution < -0.4 is 10.6 Å². The standard InChI is InChI=1S/C15H19N3O3/c16-10-5-7-17(8-6-10)15(21)18-9-12(14(19)20)11-3-1-2-4-13(11)18/h1-4,10,12H,5-9,16H2,(H,19,20). The van der Waals surface area contributed by atoms with Crippen LogP contribution in [-0.2, 0) is 4.79 Å². The van der Waals surface area contributed by atoms with E-state index in [0.29, 0.717) is 24.3 Å². The number of para-hydroxylation sites is 1. The van der Waals surface area contributed by atoms with E-state index in [1.165, 1.54) is 0 Å². The van der Waals surface area contributed by atoms with Crippen LogP contribution in [0.2, 0.25) is 0 Å². The third-order valence-corrected chi connectivity index (χ3v) is 4.31. The largest absolute Gasteiger partial charge is 0.481 e. The maximum absolute atomic E-state index is 12.7. The number of piperidine rings is 1. The number of carboxylic acid groups (broad SMARTS) is 1. The molecule has 2 amide bonds. The topological polar surface area (TPSA) is 86.9 Å². The Morgan fingerprint density at radius 1 is 1.19 bits per heavy atom. The van der Waals surface area contributed by atoms with Gasteiger partial charge in [-0.3, -0.25) is 9.69 Å². The Morgan fingerprint density at radius 3 is 2.52 bits per heavy atom. The number of aliphatic carboxylic acids is 1. The van der Waals surface area contributed by atoms with E-state index in [2.05, 4.69) is 0 Å². The molecule has 1 aromatic carbocycles. The van der Waals surface area contributed by atoms with Crippen molar-refractivity contribution in [3.8, 4) is 0 Å². The molecule has 0 bridgehead atoms. The fourth-order valence-corrected chi connectivity index (χ4v) is 3.06. The van der Waals surface area contributed by atoms with Crippen LogP contribution in [0, 0.1) is 0 Å². The lowest BCUT2D eigenvalue weighted by Crippen LogP contribution is -2.49. The molecular formula is C15H19N3O3. The highest BCUT2D eigenvalue weighted by Gasteiger charge is 2.38. The SMILES string of the molecule is NC1CCN(C(=O)N2CC(C(=O)O)c3ccccc32)CC1. The van der Waals surface area contributed by atoms with Gasteiger partial charge < -0.3 is 15.7 Å². The minimum Gasteiger partial charge on any atom is -0.481 e. The molecule has 3 N–H and O–H groups in total. The molecule has 1 atom stereocenters. The summed E-state index contributed by atoms with van der Waals surface area (Å²) in [6.45, 7) is 1.48. The molecule has 1 saturated heterocycles. The van der Waals surface area contributed by atoms with E-state index in [4.69, 9.17) is 5.73 Å². The number of nitrogens with zero attached hydrogens (tertiary/aromatic N) is 2. The molecule has 0 spiro atoms. The fraction of sp³-hybridized carbons (Fsp3) is 0.467. The summed E-state index contributed by atoms with van der Waals surface area (Å²) >= 11 is 0. The van der Waals surface area contributed by atoms with Gasteiger partial charge in [0.15, 0.2) is 0 Å². The third-order valence-electron chi connectivity index (χ3n) is 4.31. The summed E-state index contributed by atoms with van der Waals surface area (Å²) in [7, 11) is 0. The van der Waals surface area contributed by atoms with Gasteiger partial charge in [-0.25, -0.2) is 4.79 Å². The highest BCUT2D eigenvalue weighted by atomic mass is 16.4. The van der Waals surface area contributed by atoms with Gasteiger partial charge in [0.25, 0.3) is 0 Å². The van der Waals surface area contributed by atoms with E-state index in [1.807, 2.05) is 18.2 Å². The predicted molar refractivity (Wildman–Crippen MR) is 78.3 cm³/mol. The first-order valence-electron chi connectivity index (χ1n) is 7.21. The number of carbonyl (C=O) groups excluding carboxylic acids is 1. The molecule has 21 heavy (non-hydrogen) atoms. The van der Waals surface area contributed by atoms with E-state index in [-0.39, 0.29) is 18.6 Å². The first-order valence-corrected chi connectivity index (χ1v) is 7.21. The molecule has 6 nitrogen and oxygen atoms in total. The molecule has 2 aliphatic heterocycles. The number of amides is 2. The third kappa shape index (κ3) is 2.47. The van der Waals surface area contributed by atoms with Crippen LogP contribution in [-0.4, -0.2) is 47.7 Å². The van der Waals surface area contributed by atoms with Gasteiger partial charge in [-0.2, -0.15) is 0 Å². The molecule has 0 aromatic heterocycles. The average Bonchev–Trinajstić information content (AvgIpc) is 2.87. The smallest absolute Gasteiger partial charge is 0.324 e. The number of likely N-dealkylation sites (tertiary alicyclic amines) is 1. The van der Waals surface area contributed by atoms with E-state index < -0.39 is 11.9 Å². The average molecular weight is 289 g/mol. The first-order chi connectivity index (χ1) is 10.1. The van der Waals surface area contributed by atoms with Crippen molar-refractivity contribution in [1.82, 2.24) is 4.90 Å². The second kappa shape index (κ2) is 5.37. The number of anilines is 1. The van der Waals surface area contributed by atoms with E-state index in [9.17, 15) is 14.7 Å². The van der Waals surface area contributed by atoms with Crippen LogP contribution in [0.1, 0.15) is 24.3 Å². The summed E-state index contributed by atoms with van der Waals surface area (Å²) in [5.41, 5.74) is 7.29. The first kappa shape index (κ1) is 13.9. The molecule has 0 saturated carbocycles. The number of rotatable bonds is 1. The highest BCUT2D eigenvalue weighted by Crippen LogP contribution is 2.37. The van der Waals surface area contributed by atoms with Gasteiger partial charge in [0.1, 0.15) is 5.92 Å². The zero-order valence-electron chi connectivity index (χ0n) is 11.7. The lowest BCUT2D eigenvalue weighted by atomic mass is 10.0. The Balaban J connectivity index is 1.83. The molecule has 2 aliphatic rings. The van der Waals surface area contributed by atoms with Crippen molar-refractivity contribution >= 4 is 17.7 Å². The Labute approximate surface area is 123 Å². The minimum absolute atomic E-state index is 0.113. The Morgan fingerprint density at radius 2 is 1.86 bits per heavy atom. The Bertz CT molecular complexity index is 567. The summed E-state index contributed by atoms with van der Waals surface area (Å²) in [5, 5.41) is 9.34. The summed E-state index contributed by atoms with van der Waals surface area (Å²) in [6.07, 6.45) is 1.59. The number of hydrogen-bond donors (Lipinski definition) is 2. The summed E-state index contributed by atoms with van der Waals surface area (Å²) in [4.78, 5) is 27.4. The summed E-state index contributed by atoms with van der Waals surface area (Å²) in [5.74, 6) is -1.53. The molecule has 1 unspecified atom stereocenters. The van der Waals surface area contributed by atoms with Crippen molar-refractivity contribution in [3.63, 3.8) is 0 Å². The number of nitrogens with two attached hydrogens (primary N) is 1. The van der Waals surface area contributed by atoms with Gasteiger partial charge in [-0.15, -0.1) is 0 Å². The van der Waals surface area contributed by atoms with Crippen LogP contribution in [0.15, 0.2) is 24.3 Å². The molecule has 0 aliphatic carbocycles. The van der Waals surface area contributed by atoms with Gasteiger partial charge >= 0.3 is 12.0 Å². The quantitative estimate of drug-likeness (QED) is 0.813. The van der Waals surface area contributed by atoms with Gasteiger partial charge in [0, 0.05) is 31.4 Å². The second-order valence-corrected chi connectivity index (χ2v) is 5.67. The maximum Gasteiger partial charge on any atom is 0.324 e. The van der Waals surface area contributed by atoms with Crippen molar-refractivity contribution < 1.29 is 14.7 Å². The zero-order chi connectivity index (χ0) is 15.0. The molecule has 1 fully saturated rings. The molecule has 112 valence electrons.